The van der Waals surface area contributed by atoms with Crippen LogP contribution in [0, 0.1) is 0 Å². The lowest BCUT2D eigenvalue weighted by molar-refractivity contribution is -0.125. The van der Waals surface area contributed by atoms with Crippen LogP contribution < -0.4 is 0 Å². The van der Waals surface area contributed by atoms with Crippen molar-refractivity contribution in [1.29, 1.82) is 0 Å². The van der Waals surface area contributed by atoms with Gasteiger partial charge >= 0.3 is 0 Å². The van der Waals surface area contributed by atoms with Gasteiger partial charge in [-0.3, -0.25) is 4.79 Å². The molecule has 0 aromatic carbocycles. The molecule has 0 aliphatic rings. The van der Waals surface area contributed by atoms with Gasteiger partial charge in [-0.05, 0) is 20.8 Å². The first-order valence-corrected chi connectivity index (χ1v) is 4.67. The van der Waals surface area contributed by atoms with Crippen LogP contribution >= 0.6 is 23.2 Å². The maximum absolute atomic E-state index is 11.2. The van der Waals surface area contributed by atoms with Crippen LogP contribution in [0.5, 0.6) is 0 Å². The minimum atomic E-state index is -0.162. The predicted octanol–water partition coefficient (Wildman–Crippen LogP) is 2.56. The van der Waals surface area contributed by atoms with Crippen molar-refractivity contribution in [3.8, 4) is 0 Å². The molecule has 0 fully saturated rings. The third-order valence-corrected chi connectivity index (χ3v) is 2.13. The maximum atomic E-state index is 11.2. The van der Waals surface area contributed by atoms with Gasteiger partial charge in [-0.1, -0.05) is 5.57 Å². The molecule has 70 valence electrons. The average Bonchev–Trinajstić information content (AvgIpc) is 2.05. The first-order valence-electron chi connectivity index (χ1n) is 3.61. The number of carbonyl (C=O) groups excluding carboxylic acids is 1. The highest BCUT2D eigenvalue weighted by molar-refractivity contribution is 6.28. The second kappa shape index (κ2) is 5.44. The van der Waals surface area contributed by atoms with Gasteiger partial charge in [0.15, 0.2) is 0 Å². The number of amides is 1. The van der Waals surface area contributed by atoms with Crippen LogP contribution in [0.15, 0.2) is 11.3 Å². The number of allylic oxidation sites excluding steroid dienone is 2. The van der Waals surface area contributed by atoms with Gasteiger partial charge in [0.1, 0.15) is 11.9 Å². The molecule has 0 atom stereocenters. The largest absolute Gasteiger partial charge is 0.301 e. The Labute approximate surface area is 83.1 Å². The van der Waals surface area contributed by atoms with E-state index in [1.165, 1.54) is 4.90 Å². The Hall–Kier alpha value is -0.210. The summed E-state index contributed by atoms with van der Waals surface area (Å²) in [6.45, 7) is 5.70. The Morgan fingerprint density at radius 1 is 1.25 bits per heavy atom. The molecular weight excluding hydrogens is 197 g/mol. The highest BCUT2D eigenvalue weighted by Gasteiger charge is 2.12. The smallest absolute Gasteiger partial charge is 0.242 e. The van der Waals surface area contributed by atoms with Crippen molar-refractivity contribution in [2.24, 2.45) is 0 Å². The number of rotatable bonds is 3. The monoisotopic (exact) mass is 209 g/mol. The molecule has 12 heavy (non-hydrogen) atoms. The Bertz CT molecular complexity index is 197. The van der Waals surface area contributed by atoms with Crippen LogP contribution in [0.3, 0.4) is 0 Å². The summed E-state index contributed by atoms with van der Waals surface area (Å²) in [5.74, 6) is -0.192. The molecule has 0 unspecified atom stereocenters. The summed E-state index contributed by atoms with van der Waals surface area (Å²) in [7, 11) is 0. The Kier molecular flexibility index (Phi) is 5.34. The Balaban J connectivity index is 4.57. The lowest BCUT2D eigenvalue weighted by Gasteiger charge is -2.20. The molecule has 0 N–H and O–H groups in total. The molecular formula is C8H13Cl2NO. The quantitative estimate of drug-likeness (QED) is 0.517. The molecule has 0 rings (SSSR count). The van der Waals surface area contributed by atoms with Gasteiger partial charge in [0.05, 0.1) is 0 Å². The van der Waals surface area contributed by atoms with Gasteiger partial charge in [-0.2, -0.15) is 0 Å². The maximum Gasteiger partial charge on any atom is 0.242 e. The summed E-state index contributed by atoms with van der Waals surface area (Å²) < 4.78 is 0. The van der Waals surface area contributed by atoms with Gasteiger partial charge in [-0.15, -0.1) is 23.2 Å². The second-order valence-corrected chi connectivity index (χ2v) is 3.17. The van der Waals surface area contributed by atoms with E-state index in [9.17, 15) is 4.79 Å². The predicted molar refractivity (Wildman–Crippen MR) is 52.3 cm³/mol. The molecule has 0 aliphatic heterocycles. The molecule has 2 nitrogen and oxygen atoms in total. The topological polar surface area (TPSA) is 20.3 Å². The summed E-state index contributed by atoms with van der Waals surface area (Å²) in [4.78, 5) is 12.6. The number of carbonyl (C=O) groups is 1. The van der Waals surface area contributed by atoms with E-state index in [2.05, 4.69) is 0 Å². The zero-order chi connectivity index (χ0) is 9.72. The van der Waals surface area contributed by atoms with E-state index in [0.717, 1.165) is 11.3 Å². The summed E-state index contributed by atoms with van der Waals surface area (Å²) in [6, 6.07) is 0.155. The van der Waals surface area contributed by atoms with E-state index in [1.807, 2.05) is 20.8 Å². The van der Waals surface area contributed by atoms with Crippen LogP contribution in [0.2, 0.25) is 0 Å². The first-order chi connectivity index (χ1) is 5.54. The van der Waals surface area contributed by atoms with E-state index in [4.69, 9.17) is 23.2 Å². The third kappa shape index (κ3) is 3.03. The fraction of sp³-hybridized carbons (Fsp3) is 0.625. The Morgan fingerprint density at radius 2 is 1.75 bits per heavy atom. The van der Waals surface area contributed by atoms with Crippen LogP contribution in [-0.2, 0) is 4.79 Å². The number of hydrogen-bond donors (Lipinski definition) is 0. The van der Waals surface area contributed by atoms with Crippen LogP contribution in [0.1, 0.15) is 20.8 Å². The first kappa shape index (κ1) is 11.8. The highest BCUT2D eigenvalue weighted by atomic mass is 35.5. The van der Waals surface area contributed by atoms with Crippen LogP contribution in [0.25, 0.3) is 0 Å². The summed E-state index contributed by atoms with van der Waals surface area (Å²) >= 11 is 11.0. The van der Waals surface area contributed by atoms with Gasteiger partial charge in [0.2, 0.25) is 5.91 Å². The fourth-order valence-corrected chi connectivity index (χ4v) is 1.14. The molecule has 0 aliphatic carbocycles. The third-order valence-electron chi connectivity index (χ3n) is 1.66. The molecule has 0 radical (unpaired) electrons. The van der Waals surface area contributed by atoms with Crippen molar-refractivity contribution < 1.29 is 4.79 Å². The zero-order valence-electron chi connectivity index (χ0n) is 7.53. The minimum absolute atomic E-state index is 0.0304. The minimum Gasteiger partial charge on any atom is -0.301 e. The van der Waals surface area contributed by atoms with E-state index < -0.39 is 0 Å². The van der Waals surface area contributed by atoms with Crippen LogP contribution in [-0.4, -0.2) is 22.7 Å². The fourth-order valence-electron chi connectivity index (χ4n) is 0.685. The molecule has 0 heterocycles. The highest BCUT2D eigenvalue weighted by Crippen LogP contribution is 2.10. The standard InChI is InChI=1S/C8H13Cl2NO/c1-6(2)7(3)11(5-10)8(12)4-9/h4-5H2,1-3H3. The molecule has 0 saturated carbocycles. The molecule has 0 saturated heterocycles. The molecule has 1 amide bonds. The second-order valence-electron chi connectivity index (χ2n) is 2.66. The summed E-state index contributed by atoms with van der Waals surface area (Å²) in [6.07, 6.45) is 0. The van der Waals surface area contributed by atoms with E-state index >= 15 is 0 Å². The SMILES string of the molecule is CC(C)=C(C)N(CCl)C(=O)CCl. The molecule has 0 aromatic heterocycles. The summed E-state index contributed by atoms with van der Waals surface area (Å²) in [5.41, 5.74) is 1.93. The van der Waals surface area contributed by atoms with Crippen molar-refractivity contribution in [1.82, 2.24) is 4.90 Å². The molecule has 0 spiro atoms. The number of nitrogens with zero attached hydrogens (tertiary/aromatic N) is 1. The van der Waals surface area contributed by atoms with Crippen molar-refractivity contribution in [2.45, 2.75) is 20.8 Å². The Morgan fingerprint density at radius 3 is 2.00 bits per heavy atom. The van der Waals surface area contributed by atoms with Gasteiger partial charge in [0, 0.05) is 5.70 Å². The van der Waals surface area contributed by atoms with E-state index in [0.29, 0.717) is 0 Å². The van der Waals surface area contributed by atoms with Gasteiger partial charge < -0.3 is 4.90 Å². The van der Waals surface area contributed by atoms with Crippen molar-refractivity contribution in [3.05, 3.63) is 11.3 Å². The average molecular weight is 210 g/mol. The zero-order valence-corrected chi connectivity index (χ0v) is 9.04. The van der Waals surface area contributed by atoms with E-state index in [1.54, 1.807) is 0 Å². The van der Waals surface area contributed by atoms with Gasteiger partial charge in [-0.25, -0.2) is 0 Å². The number of halogens is 2. The lowest BCUT2D eigenvalue weighted by Crippen LogP contribution is -2.29. The van der Waals surface area contributed by atoms with Crippen LogP contribution in [0.4, 0.5) is 0 Å². The van der Waals surface area contributed by atoms with Crippen molar-refractivity contribution in [3.63, 3.8) is 0 Å². The molecule has 0 bridgehead atoms. The van der Waals surface area contributed by atoms with Gasteiger partial charge in [0.25, 0.3) is 0 Å². The van der Waals surface area contributed by atoms with E-state index in [-0.39, 0.29) is 17.8 Å². The number of hydrogen-bond acceptors (Lipinski definition) is 1. The van der Waals surface area contributed by atoms with Crippen molar-refractivity contribution in [2.75, 3.05) is 11.9 Å². The normalized spacial score (nSPS) is 9.42. The summed E-state index contributed by atoms with van der Waals surface area (Å²) in [5, 5.41) is 0. The lowest BCUT2D eigenvalue weighted by atomic mass is 10.2. The number of alkyl halides is 2. The molecule has 4 heteroatoms. The molecule has 0 aromatic rings. The van der Waals surface area contributed by atoms with Crippen molar-refractivity contribution >= 4 is 29.1 Å².